The van der Waals surface area contributed by atoms with Gasteiger partial charge < -0.3 is 15.6 Å². The normalized spacial score (nSPS) is 19.7. The predicted octanol–water partition coefficient (Wildman–Crippen LogP) is 2.43. The molecule has 1 fully saturated rings. The van der Waals surface area contributed by atoms with Crippen molar-refractivity contribution in [2.45, 2.75) is 50.6 Å². The summed E-state index contributed by atoms with van der Waals surface area (Å²) in [5.74, 6) is 0.127. The summed E-state index contributed by atoms with van der Waals surface area (Å²) in [6.07, 6.45) is 7.53. The lowest BCUT2D eigenvalue weighted by atomic mass is 9.91. The van der Waals surface area contributed by atoms with Gasteiger partial charge >= 0.3 is 0 Å². The van der Waals surface area contributed by atoms with Crippen LogP contribution in [0.2, 0.25) is 0 Å². The van der Waals surface area contributed by atoms with E-state index in [1.54, 1.807) is 35.6 Å². The molecule has 0 atom stereocenters. The summed E-state index contributed by atoms with van der Waals surface area (Å²) in [6.45, 7) is 0.322. The Hall–Kier alpha value is -2.88. The number of hydrogen-bond acceptors (Lipinski definition) is 5. The highest BCUT2D eigenvalue weighted by Crippen LogP contribution is 2.21. The van der Waals surface area contributed by atoms with Gasteiger partial charge in [0.05, 0.1) is 11.0 Å². The molecule has 8 nitrogen and oxygen atoms in total. The smallest absolute Gasteiger partial charge is 0.272 e. The molecule has 1 saturated carbocycles. The van der Waals surface area contributed by atoms with Gasteiger partial charge in [-0.3, -0.25) is 9.36 Å². The number of alkyl halides is 2. The molecule has 10 heteroatoms. The summed E-state index contributed by atoms with van der Waals surface area (Å²) >= 11 is 0. The molecule has 0 aromatic carbocycles. The van der Waals surface area contributed by atoms with Crippen LogP contribution in [0.15, 0.2) is 31.0 Å². The molecule has 0 radical (unpaired) electrons. The number of halogens is 2. The molecule has 1 amide bonds. The number of H-pyrrole nitrogens is 1. The number of carbonyl (C=O) groups excluding carboxylic acids is 1. The van der Waals surface area contributed by atoms with Gasteiger partial charge in [-0.1, -0.05) is 0 Å². The first-order valence-electron chi connectivity index (χ1n) is 9.76. The summed E-state index contributed by atoms with van der Waals surface area (Å²) in [4.78, 5) is 28.9. The Morgan fingerprint density at radius 3 is 2.76 bits per heavy atom. The number of rotatable bonds is 7. The van der Waals surface area contributed by atoms with Crippen LogP contribution in [0.25, 0.3) is 17.0 Å². The van der Waals surface area contributed by atoms with E-state index >= 15 is 0 Å². The van der Waals surface area contributed by atoms with Crippen molar-refractivity contribution in [3.05, 3.63) is 36.7 Å². The van der Waals surface area contributed by atoms with Crippen molar-refractivity contribution in [2.24, 2.45) is 0 Å². The van der Waals surface area contributed by atoms with Gasteiger partial charge in [0, 0.05) is 43.6 Å². The molecule has 29 heavy (non-hydrogen) atoms. The van der Waals surface area contributed by atoms with E-state index in [9.17, 15) is 13.6 Å². The van der Waals surface area contributed by atoms with Crippen molar-refractivity contribution in [1.29, 1.82) is 0 Å². The van der Waals surface area contributed by atoms with Crippen LogP contribution < -0.4 is 10.6 Å². The largest absolute Gasteiger partial charge is 0.358 e. The van der Waals surface area contributed by atoms with Crippen molar-refractivity contribution >= 4 is 16.9 Å². The number of aromatic amines is 1. The van der Waals surface area contributed by atoms with Crippen molar-refractivity contribution < 1.29 is 13.6 Å². The predicted molar refractivity (Wildman–Crippen MR) is 103 cm³/mol. The van der Waals surface area contributed by atoms with Crippen molar-refractivity contribution in [2.75, 3.05) is 6.54 Å². The van der Waals surface area contributed by atoms with Crippen LogP contribution in [-0.4, -0.2) is 55.5 Å². The van der Waals surface area contributed by atoms with Crippen molar-refractivity contribution in [3.8, 4) is 5.95 Å². The fourth-order valence-electron chi connectivity index (χ4n) is 3.68. The van der Waals surface area contributed by atoms with Crippen LogP contribution in [0.5, 0.6) is 0 Å². The van der Waals surface area contributed by atoms with Crippen molar-refractivity contribution in [3.63, 3.8) is 0 Å². The topological polar surface area (TPSA) is 101 Å². The zero-order chi connectivity index (χ0) is 20.2. The molecular weight excluding hydrogens is 380 g/mol. The zero-order valence-electron chi connectivity index (χ0n) is 15.8. The number of amides is 1. The Kier molecular flexibility index (Phi) is 5.79. The fourth-order valence-corrected chi connectivity index (χ4v) is 3.68. The molecule has 3 N–H and O–H groups in total. The minimum absolute atomic E-state index is 0.0346. The van der Waals surface area contributed by atoms with Crippen molar-refractivity contribution in [1.82, 2.24) is 35.1 Å². The number of nitrogens with zero attached hydrogens (tertiary/aromatic N) is 4. The second-order valence-corrected chi connectivity index (χ2v) is 7.24. The number of fused-ring (bicyclic) bond motifs is 1. The standard InChI is InChI=1S/C19H23F2N7O/c20-15(21)6-8-23-12-1-3-13(4-2-12)25-18(29)17-16-14(5-7-24-16)26-19(27-17)28-10-9-22-11-28/h5,7,9-13,15,23-24H,1-4,6,8H2,(H,25,29). The summed E-state index contributed by atoms with van der Waals surface area (Å²) < 4.78 is 26.2. The molecule has 0 bridgehead atoms. The van der Waals surface area contributed by atoms with Gasteiger partial charge in [0.1, 0.15) is 6.33 Å². The van der Waals surface area contributed by atoms with Gasteiger partial charge in [0.15, 0.2) is 5.69 Å². The summed E-state index contributed by atoms with van der Waals surface area (Å²) in [5, 5.41) is 6.24. The zero-order valence-corrected chi connectivity index (χ0v) is 15.8. The molecule has 154 valence electrons. The second-order valence-electron chi connectivity index (χ2n) is 7.24. The molecule has 0 aliphatic heterocycles. The van der Waals surface area contributed by atoms with E-state index in [4.69, 9.17) is 0 Å². The van der Waals surface area contributed by atoms with Crippen LogP contribution in [0.1, 0.15) is 42.6 Å². The average molecular weight is 403 g/mol. The Morgan fingerprint density at radius 2 is 2.03 bits per heavy atom. The maximum Gasteiger partial charge on any atom is 0.272 e. The van der Waals surface area contributed by atoms with Crippen LogP contribution in [0.4, 0.5) is 8.78 Å². The van der Waals surface area contributed by atoms with E-state index in [-0.39, 0.29) is 24.4 Å². The highest BCUT2D eigenvalue weighted by Gasteiger charge is 2.24. The Balaban J connectivity index is 1.40. The number of imidazole rings is 1. The summed E-state index contributed by atoms with van der Waals surface area (Å²) in [6, 6.07) is 2.06. The first-order valence-corrected chi connectivity index (χ1v) is 9.76. The van der Waals surface area contributed by atoms with Crippen LogP contribution in [-0.2, 0) is 0 Å². The lowest BCUT2D eigenvalue weighted by Gasteiger charge is -2.29. The van der Waals surface area contributed by atoms with Crippen LogP contribution in [0.3, 0.4) is 0 Å². The molecule has 3 heterocycles. The van der Waals surface area contributed by atoms with E-state index in [1.165, 1.54) is 0 Å². The summed E-state index contributed by atoms with van der Waals surface area (Å²) in [7, 11) is 0. The Labute approximate surface area is 166 Å². The van der Waals surface area contributed by atoms with Gasteiger partial charge in [-0.05, 0) is 31.7 Å². The minimum atomic E-state index is -2.27. The highest BCUT2D eigenvalue weighted by atomic mass is 19.3. The molecule has 3 aromatic heterocycles. The van der Waals surface area contributed by atoms with E-state index < -0.39 is 6.43 Å². The lowest BCUT2D eigenvalue weighted by molar-refractivity contribution is 0.0919. The van der Waals surface area contributed by atoms with Gasteiger partial charge in [0.25, 0.3) is 5.91 Å². The third kappa shape index (κ3) is 4.58. The highest BCUT2D eigenvalue weighted by molar-refractivity contribution is 6.03. The monoisotopic (exact) mass is 403 g/mol. The molecule has 4 rings (SSSR count). The molecule has 3 aromatic rings. The van der Waals surface area contributed by atoms with E-state index in [2.05, 4.69) is 30.6 Å². The third-order valence-corrected chi connectivity index (χ3v) is 5.20. The number of aromatic nitrogens is 5. The number of hydrogen-bond donors (Lipinski definition) is 3. The van der Waals surface area contributed by atoms with Gasteiger partial charge in [0.2, 0.25) is 12.4 Å². The van der Waals surface area contributed by atoms with Crippen LogP contribution in [0, 0.1) is 0 Å². The van der Waals surface area contributed by atoms with Gasteiger partial charge in [-0.15, -0.1) is 0 Å². The molecule has 0 spiro atoms. The SMILES string of the molecule is O=C(NC1CCC(NCCC(F)F)CC1)c1nc(-n2ccnc2)nc2cc[nH]c12. The molecule has 0 unspecified atom stereocenters. The lowest BCUT2D eigenvalue weighted by Crippen LogP contribution is -2.42. The number of nitrogens with one attached hydrogen (secondary N) is 3. The molecular formula is C19H23F2N7O. The Morgan fingerprint density at radius 1 is 1.24 bits per heavy atom. The molecule has 1 aliphatic carbocycles. The number of carbonyl (C=O) groups is 1. The molecule has 1 aliphatic rings. The minimum Gasteiger partial charge on any atom is -0.358 e. The average Bonchev–Trinajstić information content (AvgIpc) is 3.40. The molecule has 0 saturated heterocycles. The third-order valence-electron chi connectivity index (χ3n) is 5.20. The van der Waals surface area contributed by atoms with Gasteiger partial charge in [-0.25, -0.2) is 23.7 Å². The van der Waals surface area contributed by atoms with E-state index in [0.29, 0.717) is 29.2 Å². The van der Waals surface area contributed by atoms with Crippen LogP contribution >= 0.6 is 0 Å². The fraction of sp³-hybridized carbons (Fsp3) is 0.474. The quantitative estimate of drug-likeness (QED) is 0.563. The Bertz CT molecular complexity index is 949. The first kappa shape index (κ1) is 19.4. The maximum atomic E-state index is 12.9. The summed E-state index contributed by atoms with van der Waals surface area (Å²) in [5.41, 5.74) is 1.54. The first-order chi connectivity index (χ1) is 14.1. The van der Waals surface area contributed by atoms with E-state index in [0.717, 1.165) is 25.7 Å². The maximum absolute atomic E-state index is 12.9. The van der Waals surface area contributed by atoms with Gasteiger partial charge in [-0.2, -0.15) is 0 Å². The van der Waals surface area contributed by atoms with E-state index in [1.807, 2.05) is 0 Å². The second kappa shape index (κ2) is 8.64.